The number of fused-ring (bicyclic) bond motifs is 2. The van der Waals surface area contributed by atoms with Crippen molar-refractivity contribution in [3.8, 4) is 45.3 Å². The Hall–Kier alpha value is -4.86. The van der Waals surface area contributed by atoms with Gasteiger partial charge in [0.2, 0.25) is 10.9 Å². The first kappa shape index (κ1) is 32.1. The molecule has 0 saturated heterocycles. The van der Waals surface area contributed by atoms with Crippen LogP contribution < -0.4 is 21.7 Å². The maximum atomic E-state index is 14.5. The Morgan fingerprint density at radius 3 is 1.61 bits per heavy atom. The normalized spacial score (nSPS) is 12.3. The van der Waals surface area contributed by atoms with Crippen LogP contribution in [0.1, 0.15) is 86.8 Å². The predicted molar refractivity (Wildman–Crippen MR) is 174 cm³/mol. The number of phenolic OH excluding ortho intramolecular Hbond substituents is 4. The van der Waals surface area contributed by atoms with E-state index in [2.05, 4.69) is 9.98 Å². The van der Waals surface area contributed by atoms with Gasteiger partial charge in [-0.05, 0) is 39.5 Å². The molecule has 0 fully saturated rings. The van der Waals surface area contributed by atoms with Crippen molar-refractivity contribution in [2.24, 2.45) is 9.98 Å². The number of aromatic hydroxyl groups is 4. The molecule has 0 spiro atoms. The van der Waals surface area contributed by atoms with Gasteiger partial charge in [-0.25, -0.2) is 0 Å². The fraction of sp³-hybridized carbons (Fsp3) is 0.353. The Kier molecular flexibility index (Phi) is 8.50. The number of hydrogen-bond donors (Lipinski definition) is 4. The van der Waals surface area contributed by atoms with Gasteiger partial charge in [0.1, 0.15) is 11.5 Å². The van der Waals surface area contributed by atoms with Crippen molar-refractivity contribution in [2.45, 2.75) is 67.2 Å². The van der Waals surface area contributed by atoms with Crippen molar-refractivity contribution in [3.05, 3.63) is 74.3 Å². The third-order valence-electron chi connectivity index (χ3n) is 8.06. The van der Waals surface area contributed by atoms with Crippen LogP contribution in [-0.4, -0.2) is 45.9 Å². The lowest BCUT2D eigenvalue weighted by Gasteiger charge is -2.23. The molecule has 2 aliphatic carbocycles. The van der Waals surface area contributed by atoms with Gasteiger partial charge in [0, 0.05) is 86.4 Å². The molecular weight excluding hydrogens is 564 g/mol. The van der Waals surface area contributed by atoms with Crippen LogP contribution in [0.3, 0.4) is 0 Å². The second-order valence-corrected chi connectivity index (χ2v) is 11.4. The molecule has 4 rings (SSSR count). The summed E-state index contributed by atoms with van der Waals surface area (Å²) >= 11 is 0. The summed E-state index contributed by atoms with van der Waals surface area (Å²) in [7, 11) is 0. The monoisotopic (exact) mass is 600 g/mol. The van der Waals surface area contributed by atoms with Crippen LogP contribution in [0, 0.1) is 13.8 Å². The Morgan fingerprint density at radius 1 is 0.545 bits per heavy atom. The maximum absolute atomic E-state index is 14.5. The summed E-state index contributed by atoms with van der Waals surface area (Å²) in [5.41, 5.74) is -4.65. The lowest BCUT2D eigenvalue weighted by Crippen LogP contribution is -2.38. The van der Waals surface area contributed by atoms with E-state index in [4.69, 9.17) is 0 Å². The molecule has 0 radical (unpaired) electrons. The van der Waals surface area contributed by atoms with Crippen molar-refractivity contribution in [3.63, 3.8) is 0 Å². The number of aliphatic imine (C=N–C) groups is 2. The fourth-order valence-electron chi connectivity index (χ4n) is 6.00. The van der Waals surface area contributed by atoms with E-state index in [9.17, 15) is 39.6 Å². The summed E-state index contributed by atoms with van der Waals surface area (Å²) < 4.78 is 0. The van der Waals surface area contributed by atoms with Crippen molar-refractivity contribution in [1.29, 1.82) is 0 Å². The second kappa shape index (κ2) is 11.7. The summed E-state index contributed by atoms with van der Waals surface area (Å²) in [6.45, 7) is 13.6. The highest BCUT2D eigenvalue weighted by atomic mass is 16.3. The molecule has 2 aromatic carbocycles. The highest BCUT2D eigenvalue weighted by molar-refractivity contribution is 6.14. The quantitative estimate of drug-likeness (QED) is 0.104. The summed E-state index contributed by atoms with van der Waals surface area (Å²) in [6, 6.07) is 0. The minimum atomic E-state index is -0.966. The van der Waals surface area contributed by atoms with Crippen molar-refractivity contribution >= 4 is 23.2 Å². The molecule has 0 bridgehead atoms. The molecule has 0 amide bonds. The van der Waals surface area contributed by atoms with E-state index in [1.165, 1.54) is 20.1 Å². The maximum Gasteiger partial charge on any atom is 0.235 e. The lowest BCUT2D eigenvalue weighted by atomic mass is 9.80. The molecule has 10 heteroatoms. The van der Waals surface area contributed by atoms with E-state index >= 15 is 0 Å². The molecule has 0 aliphatic heterocycles. The largest absolute Gasteiger partial charge is 0.507 e. The average Bonchev–Trinajstić information content (AvgIpc) is 2.96. The van der Waals surface area contributed by atoms with Gasteiger partial charge in [-0.1, -0.05) is 27.7 Å². The molecule has 44 heavy (non-hydrogen) atoms. The van der Waals surface area contributed by atoms with E-state index < -0.39 is 50.8 Å². The molecule has 2 aromatic rings. The summed E-state index contributed by atoms with van der Waals surface area (Å²) in [6.07, 6.45) is 2.37. The molecule has 0 atom stereocenters. The molecule has 0 saturated carbocycles. The van der Waals surface area contributed by atoms with E-state index in [1.54, 1.807) is 41.5 Å². The number of benzene rings is 4. The topological polar surface area (TPSA) is 174 Å². The van der Waals surface area contributed by atoms with E-state index in [0.717, 1.165) is 6.21 Å². The first-order valence-electron chi connectivity index (χ1n) is 14.5. The number of phenols is 4. The highest BCUT2D eigenvalue weighted by Gasteiger charge is 2.34. The molecule has 0 unspecified atom stereocenters. The van der Waals surface area contributed by atoms with Gasteiger partial charge in [-0.2, -0.15) is 0 Å². The van der Waals surface area contributed by atoms with Crippen LogP contribution in [0.15, 0.2) is 29.2 Å². The van der Waals surface area contributed by atoms with Gasteiger partial charge in [-0.3, -0.25) is 29.2 Å². The Morgan fingerprint density at radius 2 is 1.09 bits per heavy atom. The van der Waals surface area contributed by atoms with Crippen LogP contribution in [0.25, 0.3) is 33.0 Å². The molecule has 10 nitrogen and oxygen atoms in total. The van der Waals surface area contributed by atoms with Gasteiger partial charge < -0.3 is 20.4 Å². The van der Waals surface area contributed by atoms with Gasteiger partial charge in [0.15, 0.2) is 22.4 Å². The van der Waals surface area contributed by atoms with Crippen molar-refractivity contribution in [2.75, 3.05) is 13.1 Å². The van der Waals surface area contributed by atoms with Gasteiger partial charge in [0.05, 0.1) is 5.56 Å². The standard InChI is InChI=1S/C34H36N2O8/c1-9-35-11-17-23-25(19(13(3)4)33(43)29(17)39)27(37)15(7)21(31(23)41)22-16(8)28(38)26-20(14(5)6)34(44)30(40)18(12-36-10-2)24(26)32(22)42/h11-14,37,39,41,43H,9-10H2,1-8H3. The molecule has 2 aliphatic rings. The van der Waals surface area contributed by atoms with E-state index in [1.807, 2.05) is 0 Å². The minimum absolute atomic E-state index is 0.0231. The van der Waals surface area contributed by atoms with E-state index in [0.29, 0.717) is 6.54 Å². The zero-order valence-corrected chi connectivity index (χ0v) is 26.0. The first-order valence-corrected chi connectivity index (χ1v) is 14.5. The molecular formula is C34H36N2O8. The summed E-state index contributed by atoms with van der Waals surface area (Å²) in [4.78, 5) is 63.2. The number of hydrogen-bond acceptors (Lipinski definition) is 10. The Bertz CT molecular complexity index is 2080. The SMILES string of the molecule is CCN=Cc1c2c(=O)c(-c3c(C)c(O)c4c(C(C)C)c(O)c(O)c(C=NCC)c4c3O)c(C)c(=O)c-2c(C(C)C)c(=O)c1=O. The van der Waals surface area contributed by atoms with Crippen molar-refractivity contribution < 1.29 is 20.4 Å². The van der Waals surface area contributed by atoms with Gasteiger partial charge in [0.25, 0.3) is 0 Å². The predicted octanol–water partition coefficient (Wildman–Crippen LogP) is 4.49. The van der Waals surface area contributed by atoms with E-state index in [-0.39, 0.29) is 78.7 Å². The van der Waals surface area contributed by atoms with Crippen LogP contribution in [-0.2, 0) is 0 Å². The lowest BCUT2D eigenvalue weighted by molar-refractivity contribution is 0.397. The Labute approximate surface area is 253 Å². The summed E-state index contributed by atoms with van der Waals surface area (Å²) in [5, 5.41) is 45.5. The molecule has 0 aromatic heterocycles. The Balaban J connectivity index is 2.40. The van der Waals surface area contributed by atoms with Gasteiger partial charge >= 0.3 is 0 Å². The minimum Gasteiger partial charge on any atom is -0.507 e. The van der Waals surface area contributed by atoms with Crippen LogP contribution in [0.4, 0.5) is 0 Å². The van der Waals surface area contributed by atoms with Crippen LogP contribution >= 0.6 is 0 Å². The molecule has 230 valence electrons. The number of rotatable bonds is 7. The van der Waals surface area contributed by atoms with Crippen LogP contribution in [0.5, 0.6) is 23.0 Å². The van der Waals surface area contributed by atoms with Crippen LogP contribution in [0.2, 0.25) is 0 Å². The fourth-order valence-corrected chi connectivity index (χ4v) is 6.00. The molecule has 4 N–H and O–H groups in total. The first-order chi connectivity index (χ1) is 20.6. The third-order valence-corrected chi connectivity index (χ3v) is 8.06. The zero-order valence-electron chi connectivity index (χ0n) is 26.0. The smallest absolute Gasteiger partial charge is 0.235 e. The van der Waals surface area contributed by atoms with Gasteiger partial charge in [-0.15, -0.1) is 0 Å². The zero-order chi connectivity index (χ0) is 32.9. The summed E-state index contributed by atoms with van der Waals surface area (Å²) in [5.74, 6) is -2.98. The van der Waals surface area contributed by atoms with Crippen molar-refractivity contribution in [1.82, 2.24) is 0 Å². The third kappa shape index (κ3) is 4.56. The second-order valence-electron chi connectivity index (χ2n) is 11.4. The number of nitrogens with zero attached hydrogens (tertiary/aromatic N) is 2. The molecule has 0 heterocycles. The average molecular weight is 601 g/mol. The highest BCUT2D eigenvalue weighted by Crippen LogP contribution is 2.53.